The number of nitrogens with two attached hydrogens (primary N) is 1. The molecule has 170 valence electrons. The highest BCUT2D eigenvalue weighted by molar-refractivity contribution is 7.99. The zero-order chi connectivity index (χ0) is 23.6. The second-order valence-electron chi connectivity index (χ2n) is 8.93. The van der Waals surface area contributed by atoms with E-state index in [1.807, 2.05) is 0 Å². The molecule has 1 atom stereocenters. The maximum atomic E-state index is 14.6. The summed E-state index contributed by atoms with van der Waals surface area (Å²) in [5.74, 6) is -2.02. The molecule has 0 saturated carbocycles. The van der Waals surface area contributed by atoms with Crippen LogP contribution in [0.15, 0.2) is 22.2 Å². The van der Waals surface area contributed by atoms with Crippen LogP contribution in [0.4, 0.5) is 14.9 Å². The predicted molar refractivity (Wildman–Crippen MR) is 115 cm³/mol. The lowest BCUT2D eigenvalue weighted by atomic mass is 9.98. The van der Waals surface area contributed by atoms with Gasteiger partial charge < -0.3 is 25.9 Å². The normalized spacial score (nSPS) is 17.2. The lowest BCUT2D eigenvalue weighted by Gasteiger charge is -2.22. The molecule has 31 heavy (non-hydrogen) atoms. The van der Waals surface area contributed by atoms with E-state index < -0.39 is 40.8 Å². The van der Waals surface area contributed by atoms with Crippen molar-refractivity contribution in [2.24, 2.45) is 16.3 Å². The van der Waals surface area contributed by atoms with Crippen LogP contribution in [-0.4, -0.2) is 41.2 Å². The highest BCUT2D eigenvalue weighted by Crippen LogP contribution is 2.33. The molecule has 2 rings (SSSR count). The van der Waals surface area contributed by atoms with Gasteiger partial charge in [-0.15, -0.1) is 11.8 Å². The summed E-state index contributed by atoms with van der Waals surface area (Å²) in [6, 6.07) is 1.60. The number of alkyl carbamates (subject to hydrolysis) is 1. The van der Waals surface area contributed by atoms with Crippen LogP contribution >= 0.6 is 11.8 Å². The van der Waals surface area contributed by atoms with Crippen LogP contribution < -0.4 is 16.4 Å². The van der Waals surface area contributed by atoms with Crippen LogP contribution in [0.3, 0.4) is 0 Å². The molecule has 0 radical (unpaired) electrons. The van der Waals surface area contributed by atoms with E-state index in [0.717, 1.165) is 0 Å². The molecule has 0 fully saturated rings. The largest absolute Gasteiger partial charge is 0.444 e. The lowest BCUT2D eigenvalue weighted by molar-refractivity contribution is -0.152. The average molecular weight is 455 g/mol. The van der Waals surface area contributed by atoms with Crippen LogP contribution in [0.2, 0.25) is 0 Å². The summed E-state index contributed by atoms with van der Waals surface area (Å²) in [6.07, 6.45) is -0.733. The summed E-state index contributed by atoms with van der Waals surface area (Å²) >= 11 is 1.18. The number of hydrogen-bond acceptors (Lipinski definition) is 7. The van der Waals surface area contributed by atoms with E-state index in [9.17, 15) is 18.8 Å². The molecule has 1 aromatic rings. The molecule has 2 amide bonds. The Morgan fingerprint density at radius 3 is 2.48 bits per heavy atom. The molecule has 0 unspecified atom stereocenters. The fourth-order valence-corrected chi connectivity index (χ4v) is 3.30. The van der Waals surface area contributed by atoms with Gasteiger partial charge in [-0.05, 0) is 53.7 Å². The molecule has 4 N–H and O–H groups in total. The molecule has 9 nitrogen and oxygen atoms in total. The van der Waals surface area contributed by atoms with Crippen molar-refractivity contribution in [2.75, 3.05) is 11.1 Å². The topological polar surface area (TPSA) is 132 Å². The minimum atomic E-state index is -0.891. The van der Waals surface area contributed by atoms with Gasteiger partial charge in [0.2, 0.25) is 5.91 Å². The molecule has 1 aromatic carbocycles. The zero-order valence-electron chi connectivity index (χ0n) is 18.3. The summed E-state index contributed by atoms with van der Waals surface area (Å²) in [7, 11) is 0. The Morgan fingerprint density at radius 2 is 1.90 bits per heavy atom. The zero-order valence-corrected chi connectivity index (χ0v) is 19.1. The van der Waals surface area contributed by atoms with E-state index in [2.05, 4.69) is 15.8 Å². The van der Waals surface area contributed by atoms with E-state index in [1.165, 1.54) is 23.9 Å². The van der Waals surface area contributed by atoms with Crippen molar-refractivity contribution >= 4 is 41.3 Å². The number of halogens is 1. The molecule has 0 aromatic heterocycles. The monoisotopic (exact) mass is 454 g/mol. The van der Waals surface area contributed by atoms with Gasteiger partial charge in [-0.25, -0.2) is 14.0 Å². The van der Waals surface area contributed by atoms with Crippen LogP contribution in [0.1, 0.15) is 47.1 Å². The Bertz CT molecular complexity index is 921. The first-order valence-electron chi connectivity index (χ1n) is 9.49. The maximum Gasteiger partial charge on any atom is 0.408 e. The minimum Gasteiger partial charge on any atom is -0.444 e. The van der Waals surface area contributed by atoms with Crippen LogP contribution in [-0.2, 0) is 19.2 Å². The van der Waals surface area contributed by atoms with Gasteiger partial charge in [0, 0.05) is 10.6 Å². The van der Waals surface area contributed by atoms with Crippen molar-refractivity contribution in [1.82, 2.24) is 5.32 Å². The molecule has 0 bridgehead atoms. The molecule has 0 saturated heterocycles. The lowest BCUT2D eigenvalue weighted by Crippen LogP contribution is -2.46. The molecule has 1 aliphatic rings. The van der Waals surface area contributed by atoms with E-state index in [4.69, 9.17) is 15.3 Å². The highest BCUT2D eigenvalue weighted by atomic mass is 32.2. The number of ether oxygens (including phenoxy) is 1. The second kappa shape index (κ2) is 9.13. The number of amides is 2. The Balaban J connectivity index is 2.19. The molecule has 1 heterocycles. The third kappa shape index (κ3) is 6.84. The number of hydrogen-bond donors (Lipinski definition) is 3. The number of nitrogens with zero attached hydrogens (tertiary/aromatic N) is 1. The predicted octanol–water partition coefficient (Wildman–Crippen LogP) is 2.97. The number of fused-ring (bicyclic) bond motifs is 1. The summed E-state index contributed by atoms with van der Waals surface area (Å²) in [6.45, 7) is 10.0. The number of oxime groups is 1. The van der Waals surface area contributed by atoms with Gasteiger partial charge in [0.1, 0.15) is 17.5 Å². The van der Waals surface area contributed by atoms with Crippen LogP contribution in [0, 0.1) is 11.2 Å². The first-order chi connectivity index (χ1) is 14.2. The smallest absolute Gasteiger partial charge is 0.408 e. The second-order valence-corrected chi connectivity index (χ2v) is 9.99. The third-order valence-electron chi connectivity index (χ3n) is 3.86. The summed E-state index contributed by atoms with van der Waals surface area (Å²) in [5.41, 5.74) is 4.41. The maximum absolute atomic E-state index is 14.6. The van der Waals surface area contributed by atoms with Gasteiger partial charge in [0.25, 0.3) is 0 Å². The molecule has 11 heteroatoms. The number of thioether (sulfide) groups is 1. The van der Waals surface area contributed by atoms with Crippen molar-refractivity contribution < 1.29 is 28.3 Å². The number of anilines is 1. The van der Waals surface area contributed by atoms with Crippen molar-refractivity contribution in [2.45, 2.75) is 58.1 Å². The number of rotatable bonds is 3. The molecule has 0 spiro atoms. The summed E-state index contributed by atoms with van der Waals surface area (Å²) in [4.78, 5) is 41.6. The van der Waals surface area contributed by atoms with Gasteiger partial charge in [0.15, 0.2) is 5.84 Å². The van der Waals surface area contributed by atoms with E-state index in [-0.39, 0.29) is 17.2 Å². The third-order valence-corrected chi connectivity index (χ3v) is 5.00. The molecular weight excluding hydrogens is 427 g/mol. The van der Waals surface area contributed by atoms with Gasteiger partial charge in [-0.3, -0.25) is 4.79 Å². The van der Waals surface area contributed by atoms with Gasteiger partial charge in [-0.1, -0.05) is 5.16 Å². The summed E-state index contributed by atoms with van der Waals surface area (Å²) < 4.78 is 19.8. The van der Waals surface area contributed by atoms with E-state index >= 15 is 0 Å². The Morgan fingerprint density at radius 1 is 1.26 bits per heavy atom. The average Bonchev–Trinajstić information content (AvgIpc) is 2.75. The van der Waals surface area contributed by atoms with E-state index in [0.29, 0.717) is 10.6 Å². The molecular formula is C20H27FN4O5S. The number of carbonyl (C=O) groups is 3. The quantitative estimate of drug-likeness (QED) is 0.277. The van der Waals surface area contributed by atoms with Gasteiger partial charge in [0.05, 0.1) is 16.7 Å². The molecule has 0 aliphatic carbocycles. The first-order valence-corrected chi connectivity index (χ1v) is 10.5. The van der Waals surface area contributed by atoms with Crippen molar-refractivity contribution in [1.29, 1.82) is 0 Å². The van der Waals surface area contributed by atoms with E-state index in [1.54, 1.807) is 41.5 Å². The highest BCUT2D eigenvalue weighted by Gasteiger charge is 2.29. The fourth-order valence-electron chi connectivity index (χ4n) is 2.27. The van der Waals surface area contributed by atoms with Crippen LogP contribution in [0.25, 0.3) is 0 Å². The van der Waals surface area contributed by atoms with Crippen molar-refractivity contribution in [3.05, 3.63) is 23.5 Å². The Hall–Kier alpha value is -2.82. The van der Waals surface area contributed by atoms with Crippen molar-refractivity contribution in [3.8, 4) is 0 Å². The Kier molecular flexibility index (Phi) is 7.20. The number of nitrogens with one attached hydrogen (secondary N) is 2. The standard InChI is InChI=1S/C20H27FN4O5S/c1-19(2,3)17(27)30-25-15(22)10-7-12-14(8-11(10)21)31-9-13(16(26)23-12)24-18(28)29-20(4,5)6/h7-8,13H,9H2,1-6H3,(H2,22,25)(H,23,26)(H,24,28)/t13-/m0/s1. The number of benzene rings is 1. The van der Waals surface area contributed by atoms with Crippen LogP contribution in [0.5, 0.6) is 0 Å². The Labute approximate surface area is 184 Å². The number of carbonyl (C=O) groups excluding carboxylic acids is 3. The number of amidine groups is 1. The van der Waals surface area contributed by atoms with Gasteiger partial charge >= 0.3 is 12.1 Å². The molecule has 1 aliphatic heterocycles. The van der Waals surface area contributed by atoms with Crippen molar-refractivity contribution in [3.63, 3.8) is 0 Å². The SMILES string of the molecule is CC(C)(C)OC(=O)N[C@H]1CSc2cc(F)c(/C(N)=N/OC(=O)C(C)(C)C)cc2NC1=O. The fraction of sp³-hybridized carbons (Fsp3) is 0.500. The first kappa shape index (κ1) is 24.4. The van der Waals surface area contributed by atoms with Gasteiger partial charge in [-0.2, -0.15) is 0 Å². The summed E-state index contributed by atoms with van der Waals surface area (Å²) in [5, 5.41) is 8.66. The minimum absolute atomic E-state index is 0.139.